The van der Waals surface area contributed by atoms with Gasteiger partial charge in [-0.05, 0) is 38.0 Å². The predicted molar refractivity (Wildman–Crippen MR) is 86.6 cm³/mol. The van der Waals surface area contributed by atoms with Crippen molar-refractivity contribution in [3.05, 3.63) is 33.3 Å². The number of ether oxygens (including phenoxy) is 1. The van der Waals surface area contributed by atoms with Gasteiger partial charge in [-0.3, -0.25) is 4.79 Å². The minimum Gasteiger partial charge on any atom is -0.454 e. The second-order valence-corrected chi connectivity index (χ2v) is 5.65. The number of benzene rings is 1. The molecule has 0 aliphatic rings. The van der Waals surface area contributed by atoms with E-state index < -0.39 is 11.5 Å². The van der Waals surface area contributed by atoms with Crippen LogP contribution in [0.3, 0.4) is 0 Å². The number of halogens is 3. The van der Waals surface area contributed by atoms with E-state index in [1.807, 2.05) is 0 Å². The van der Waals surface area contributed by atoms with Gasteiger partial charge in [0, 0.05) is 10.0 Å². The smallest absolute Gasteiger partial charge is 0.338 e. The zero-order valence-electron chi connectivity index (χ0n) is 12.0. The molecule has 1 aromatic carbocycles. The van der Waals surface area contributed by atoms with Gasteiger partial charge in [-0.25, -0.2) is 4.79 Å². The molecule has 0 saturated carbocycles. The minimum atomic E-state index is -0.997. The van der Waals surface area contributed by atoms with E-state index in [-0.39, 0.29) is 30.4 Å². The molecular weight excluding hydrogens is 337 g/mol. The van der Waals surface area contributed by atoms with Gasteiger partial charge >= 0.3 is 5.97 Å². The third-order valence-electron chi connectivity index (χ3n) is 3.22. The number of Topliss-reactive ketones (excluding diaryl/α,β-unsaturated/α-hetero) is 1. The molecule has 0 saturated heterocycles. The fraction of sp³-hybridized carbons (Fsp3) is 0.429. The van der Waals surface area contributed by atoms with E-state index >= 15 is 0 Å². The number of carbonyl (C=O) groups excluding carboxylic acids is 2. The molecule has 1 unspecified atom stereocenters. The molecule has 0 heterocycles. The largest absolute Gasteiger partial charge is 0.454 e. The zero-order chi connectivity index (χ0) is 15.5. The lowest BCUT2D eigenvalue weighted by Crippen LogP contribution is -2.46. The van der Waals surface area contributed by atoms with Crippen LogP contribution in [-0.2, 0) is 9.53 Å². The summed E-state index contributed by atoms with van der Waals surface area (Å²) in [6.07, 6.45) is 0.464. The van der Waals surface area contributed by atoms with Gasteiger partial charge in [-0.1, -0.05) is 30.1 Å². The normalized spacial score (nSPS) is 13.0. The van der Waals surface area contributed by atoms with Gasteiger partial charge in [0.1, 0.15) is 0 Å². The number of nitrogens with two attached hydrogens (primary N) is 1. The second-order valence-electron chi connectivity index (χ2n) is 4.84. The fourth-order valence-electron chi connectivity index (χ4n) is 1.34. The Morgan fingerprint density at radius 1 is 1.29 bits per heavy atom. The summed E-state index contributed by atoms with van der Waals surface area (Å²) in [6, 6.07) is 2.91. The van der Waals surface area contributed by atoms with Crippen LogP contribution in [0.2, 0.25) is 10.0 Å². The molecule has 0 amide bonds. The van der Waals surface area contributed by atoms with Crippen LogP contribution in [-0.4, -0.2) is 23.9 Å². The van der Waals surface area contributed by atoms with Crippen LogP contribution in [0.25, 0.3) is 0 Å². The predicted octanol–water partition coefficient (Wildman–Crippen LogP) is 3.58. The second kappa shape index (κ2) is 7.99. The lowest BCUT2D eigenvalue weighted by atomic mass is 9.95. The summed E-state index contributed by atoms with van der Waals surface area (Å²) < 4.78 is 4.94. The Morgan fingerprint density at radius 3 is 2.19 bits per heavy atom. The number of hydrogen-bond donors (Lipinski definition) is 1. The van der Waals surface area contributed by atoms with E-state index in [0.29, 0.717) is 22.0 Å². The molecule has 118 valence electrons. The summed E-state index contributed by atoms with van der Waals surface area (Å²) in [5.41, 5.74) is 5.66. The first-order valence-corrected chi connectivity index (χ1v) is 6.89. The van der Waals surface area contributed by atoms with Gasteiger partial charge in [0.2, 0.25) is 0 Å². The number of ketones is 1. The van der Waals surface area contributed by atoms with Crippen LogP contribution in [0.4, 0.5) is 0 Å². The quantitative estimate of drug-likeness (QED) is 0.821. The maximum absolute atomic E-state index is 11.8. The number of carbonyl (C=O) groups is 2. The molecule has 2 N–H and O–H groups in total. The summed E-state index contributed by atoms with van der Waals surface area (Å²) in [7, 11) is 0. The van der Waals surface area contributed by atoms with Crippen molar-refractivity contribution in [2.75, 3.05) is 6.61 Å². The molecule has 0 aliphatic heterocycles. The molecule has 0 radical (unpaired) electrons. The molecule has 0 fully saturated rings. The Kier molecular flexibility index (Phi) is 7.68. The van der Waals surface area contributed by atoms with Crippen molar-refractivity contribution in [2.24, 2.45) is 5.73 Å². The Hall–Kier alpha value is -0.810. The van der Waals surface area contributed by atoms with Crippen LogP contribution >= 0.6 is 35.6 Å². The molecule has 0 spiro atoms. The monoisotopic (exact) mass is 353 g/mol. The Morgan fingerprint density at radius 2 is 1.76 bits per heavy atom. The summed E-state index contributed by atoms with van der Waals surface area (Å²) in [4.78, 5) is 23.6. The summed E-state index contributed by atoms with van der Waals surface area (Å²) in [5, 5.41) is 0.737. The van der Waals surface area contributed by atoms with E-state index in [9.17, 15) is 9.59 Å². The molecule has 4 nitrogen and oxygen atoms in total. The summed E-state index contributed by atoms with van der Waals surface area (Å²) in [6.45, 7) is 4.76. The average molecular weight is 355 g/mol. The van der Waals surface area contributed by atoms with Gasteiger partial charge in [-0.2, -0.15) is 0 Å². The van der Waals surface area contributed by atoms with Gasteiger partial charge in [0.15, 0.2) is 12.4 Å². The zero-order valence-corrected chi connectivity index (χ0v) is 14.4. The van der Waals surface area contributed by atoms with E-state index in [1.165, 1.54) is 12.1 Å². The van der Waals surface area contributed by atoms with Crippen molar-refractivity contribution in [3.63, 3.8) is 0 Å². The molecule has 0 bridgehead atoms. The molecule has 1 aromatic rings. The van der Waals surface area contributed by atoms with E-state index in [2.05, 4.69) is 0 Å². The van der Waals surface area contributed by atoms with Crippen molar-refractivity contribution in [3.8, 4) is 0 Å². The Labute approximate surface area is 140 Å². The Balaban J connectivity index is 0.00000400. The van der Waals surface area contributed by atoms with Gasteiger partial charge in [-0.15, -0.1) is 12.4 Å². The maximum atomic E-state index is 11.8. The third-order valence-corrected chi connectivity index (χ3v) is 4.01. The van der Waals surface area contributed by atoms with Crippen LogP contribution < -0.4 is 5.73 Å². The molecule has 1 atom stereocenters. The molecule has 1 rings (SSSR count). The van der Waals surface area contributed by atoms with Crippen LogP contribution in [0.1, 0.15) is 36.2 Å². The highest BCUT2D eigenvalue weighted by atomic mass is 35.5. The van der Waals surface area contributed by atoms with E-state index in [0.717, 1.165) is 0 Å². The number of esters is 1. The molecule has 7 heteroatoms. The van der Waals surface area contributed by atoms with E-state index in [1.54, 1.807) is 20.8 Å². The standard InChI is InChI=1S/C14H17Cl2NO3.ClH/c1-4-14(3,17)12(18)7-20-13(19)9-5-10(15)8(2)11(16)6-9;/h5-6H,4,7,17H2,1-3H3;1H. The van der Waals surface area contributed by atoms with Crippen LogP contribution in [0, 0.1) is 6.92 Å². The molecule has 21 heavy (non-hydrogen) atoms. The van der Waals surface area contributed by atoms with Gasteiger partial charge in [0.05, 0.1) is 11.1 Å². The average Bonchev–Trinajstić information content (AvgIpc) is 2.40. The number of rotatable bonds is 5. The Bertz CT molecular complexity index is 521. The highest BCUT2D eigenvalue weighted by Crippen LogP contribution is 2.25. The highest BCUT2D eigenvalue weighted by molar-refractivity contribution is 6.36. The molecule has 0 aliphatic carbocycles. The third kappa shape index (κ3) is 5.15. The first-order chi connectivity index (χ1) is 9.19. The van der Waals surface area contributed by atoms with Gasteiger partial charge in [0.25, 0.3) is 0 Å². The van der Waals surface area contributed by atoms with E-state index in [4.69, 9.17) is 33.7 Å². The van der Waals surface area contributed by atoms with Gasteiger partial charge < -0.3 is 10.5 Å². The molecule has 0 aromatic heterocycles. The maximum Gasteiger partial charge on any atom is 0.338 e. The first-order valence-electron chi connectivity index (χ1n) is 6.14. The lowest BCUT2D eigenvalue weighted by Gasteiger charge is -2.20. The minimum absolute atomic E-state index is 0. The fourth-order valence-corrected chi connectivity index (χ4v) is 1.83. The van der Waals surface area contributed by atoms with Crippen molar-refractivity contribution in [2.45, 2.75) is 32.7 Å². The van der Waals surface area contributed by atoms with Crippen molar-refractivity contribution in [1.29, 1.82) is 0 Å². The molecular formula is C14H18Cl3NO3. The lowest BCUT2D eigenvalue weighted by molar-refractivity contribution is -0.126. The summed E-state index contributed by atoms with van der Waals surface area (Å²) >= 11 is 11.9. The SMILES string of the molecule is CCC(C)(N)C(=O)COC(=O)c1cc(Cl)c(C)c(Cl)c1.Cl. The number of hydrogen-bond acceptors (Lipinski definition) is 4. The summed E-state index contributed by atoms with van der Waals surface area (Å²) in [5.74, 6) is -0.994. The highest BCUT2D eigenvalue weighted by Gasteiger charge is 2.27. The van der Waals surface area contributed by atoms with Crippen LogP contribution in [0.5, 0.6) is 0 Å². The topological polar surface area (TPSA) is 69.4 Å². The van der Waals surface area contributed by atoms with Crippen LogP contribution in [0.15, 0.2) is 12.1 Å². The van der Waals surface area contributed by atoms with Crippen molar-refractivity contribution < 1.29 is 14.3 Å². The first kappa shape index (κ1) is 20.2. The van der Waals surface area contributed by atoms with Crippen molar-refractivity contribution in [1.82, 2.24) is 0 Å². The van der Waals surface area contributed by atoms with Crippen molar-refractivity contribution >= 4 is 47.4 Å².